The lowest BCUT2D eigenvalue weighted by atomic mass is 10.2. The number of benzene rings is 1. The van der Waals surface area contributed by atoms with Crippen molar-refractivity contribution >= 4 is 16.9 Å². The van der Waals surface area contributed by atoms with Crippen LogP contribution in [0.5, 0.6) is 11.5 Å². The molecule has 10 heteroatoms. The molecule has 0 radical (unpaired) electrons. The summed E-state index contributed by atoms with van der Waals surface area (Å²) >= 11 is 0. The number of ether oxygens (including phenoxy) is 3. The fourth-order valence-electron chi connectivity index (χ4n) is 2.65. The maximum absolute atomic E-state index is 12.7. The van der Waals surface area contributed by atoms with Crippen LogP contribution in [-0.2, 0) is 22.7 Å². The molecular formula is C18H20N4O6. The Morgan fingerprint density at radius 3 is 2.61 bits per heavy atom. The average molecular weight is 388 g/mol. The molecule has 1 aromatic carbocycles. The molecule has 3 aromatic rings. The maximum atomic E-state index is 12.7. The van der Waals surface area contributed by atoms with Crippen molar-refractivity contribution < 1.29 is 23.4 Å². The summed E-state index contributed by atoms with van der Waals surface area (Å²) in [4.78, 5) is 28.8. The highest BCUT2D eigenvalue weighted by molar-refractivity contribution is 5.81. The molecule has 0 fully saturated rings. The summed E-state index contributed by atoms with van der Waals surface area (Å²) in [5.41, 5.74) is 0.286. The minimum atomic E-state index is -0.413. The molecule has 0 unspecified atom stereocenters. The van der Waals surface area contributed by atoms with Gasteiger partial charge in [-0.15, -0.1) is 10.2 Å². The van der Waals surface area contributed by atoms with Crippen LogP contribution in [0.4, 0.5) is 0 Å². The van der Waals surface area contributed by atoms with E-state index in [9.17, 15) is 9.59 Å². The van der Waals surface area contributed by atoms with Gasteiger partial charge < -0.3 is 18.6 Å². The summed E-state index contributed by atoms with van der Waals surface area (Å²) in [5, 5.41) is 7.81. The predicted molar refractivity (Wildman–Crippen MR) is 97.2 cm³/mol. The van der Waals surface area contributed by atoms with Gasteiger partial charge in [0.1, 0.15) is 0 Å². The second-order valence-corrected chi connectivity index (χ2v) is 5.95. The number of aromatic nitrogens is 4. The fourth-order valence-corrected chi connectivity index (χ4v) is 2.65. The number of hydrogen-bond donors (Lipinski definition) is 0. The van der Waals surface area contributed by atoms with E-state index in [0.29, 0.717) is 41.3 Å². The van der Waals surface area contributed by atoms with E-state index in [1.165, 1.54) is 25.1 Å². The second-order valence-electron chi connectivity index (χ2n) is 5.95. The van der Waals surface area contributed by atoms with Gasteiger partial charge in [-0.05, 0) is 12.5 Å². The van der Waals surface area contributed by atoms with Crippen LogP contribution in [0.15, 0.2) is 27.7 Å². The molecule has 0 bridgehead atoms. The Labute approximate surface area is 160 Å². The Hall–Kier alpha value is -3.43. The van der Waals surface area contributed by atoms with Gasteiger partial charge in [0.05, 0.1) is 31.4 Å². The zero-order valence-electron chi connectivity index (χ0n) is 15.8. The quantitative estimate of drug-likeness (QED) is 0.530. The molecule has 148 valence electrons. The summed E-state index contributed by atoms with van der Waals surface area (Å²) in [6.45, 7) is 1.91. The smallest absolute Gasteiger partial charge is 0.306 e. The molecule has 0 aliphatic carbocycles. The first-order valence-corrected chi connectivity index (χ1v) is 8.57. The fraction of sp³-hybridized carbons (Fsp3) is 0.389. The molecule has 0 saturated heterocycles. The predicted octanol–water partition coefficient (Wildman–Crippen LogP) is 1.63. The Bertz CT molecular complexity index is 1040. The van der Waals surface area contributed by atoms with Crippen molar-refractivity contribution in [2.24, 2.45) is 0 Å². The lowest BCUT2D eigenvalue weighted by Crippen LogP contribution is -2.21. The number of fused-ring (bicyclic) bond motifs is 1. The van der Waals surface area contributed by atoms with E-state index < -0.39 is 5.97 Å². The van der Waals surface area contributed by atoms with Crippen LogP contribution in [-0.4, -0.2) is 39.9 Å². The molecule has 10 nitrogen and oxygen atoms in total. The van der Waals surface area contributed by atoms with Crippen molar-refractivity contribution in [2.75, 3.05) is 14.2 Å². The van der Waals surface area contributed by atoms with Crippen molar-refractivity contribution in [1.29, 1.82) is 0 Å². The molecule has 0 amide bonds. The van der Waals surface area contributed by atoms with Crippen molar-refractivity contribution in [1.82, 2.24) is 19.7 Å². The second kappa shape index (κ2) is 8.51. The summed E-state index contributed by atoms with van der Waals surface area (Å²) in [6.07, 6.45) is 2.01. The largest absolute Gasteiger partial charge is 0.493 e. The number of rotatable bonds is 8. The molecule has 0 aliphatic heterocycles. The molecule has 2 heterocycles. The van der Waals surface area contributed by atoms with Crippen LogP contribution < -0.4 is 15.0 Å². The van der Waals surface area contributed by atoms with Crippen molar-refractivity contribution in [3.8, 4) is 11.5 Å². The van der Waals surface area contributed by atoms with Crippen molar-refractivity contribution in [2.45, 2.75) is 32.9 Å². The molecule has 0 atom stereocenters. The third-order valence-electron chi connectivity index (χ3n) is 4.03. The molecule has 0 saturated carbocycles. The van der Waals surface area contributed by atoms with Gasteiger partial charge in [-0.25, -0.2) is 4.98 Å². The van der Waals surface area contributed by atoms with Crippen LogP contribution in [0, 0.1) is 6.92 Å². The van der Waals surface area contributed by atoms with Crippen molar-refractivity contribution in [3.63, 3.8) is 0 Å². The van der Waals surface area contributed by atoms with Gasteiger partial charge in [-0.3, -0.25) is 14.2 Å². The van der Waals surface area contributed by atoms with E-state index in [1.807, 2.05) is 0 Å². The van der Waals surface area contributed by atoms with Gasteiger partial charge in [0.2, 0.25) is 5.89 Å². The zero-order chi connectivity index (χ0) is 20.1. The van der Waals surface area contributed by atoms with Crippen LogP contribution in [0.3, 0.4) is 0 Å². The molecule has 3 rings (SSSR count). The van der Waals surface area contributed by atoms with Crippen LogP contribution in [0.25, 0.3) is 10.9 Å². The van der Waals surface area contributed by atoms with Crippen molar-refractivity contribution in [3.05, 3.63) is 40.6 Å². The number of methoxy groups -OCH3 is 2. The Kier molecular flexibility index (Phi) is 5.87. The Morgan fingerprint density at radius 1 is 1.18 bits per heavy atom. The molecule has 2 aromatic heterocycles. The van der Waals surface area contributed by atoms with E-state index in [2.05, 4.69) is 15.2 Å². The summed E-state index contributed by atoms with van der Waals surface area (Å²) in [5.74, 6) is 1.18. The highest BCUT2D eigenvalue weighted by Gasteiger charge is 2.12. The van der Waals surface area contributed by atoms with Crippen LogP contribution in [0.1, 0.15) is 24.6 Å². The summed E-state index contributed by atoms with van der Waals surface area (Å²) in [7, 11) is 3.02. The van der Waals surface area contributed by atoms with E-state index in [1.54, 1.807) is 19.1 Å². The Morgan fingerprint density at radius 2 is 1.93 bits per heavy atom. The van der Waals surface area contributed by atoms with Gasteiger partial charge in [-0.2, -0.15) is 0 Å². The van der Waals surface area contributed by atoms with Crippen LogP contribution >= 0.6 is 0 Å². The zero-order valence-corrected chi connectivity index (χ0v) is 15.8. The third kappa shape index (κ3) is 4.27. The number of esters is 1. The first kappa shape index (κ1) is 19.3. The molecule has 0 aliphatic rings. The number of carbonyl (C=O) groups excluding carboxylic acids is 1. The lowest BCUT2D eigenvalue weighted by molar-refractivity contribution is -0.145. The van der Waals surface area contributed by atoms with Gasteiger partial charge in [0, 0.05) is 26.0 Å². The van der Waals surface area contributed by atoms with Gasteiger partial charge in [0.25, 0.3) is 11.4 Å². The monoisotopic (exact) mass is 388 g/mol. The summed E-state index contributed by atoms with van der Waals surface area (Å²) in [6, 6.07) is 3.25. The minimum Gasteiger partial charge on any atom is -0.493 e. The average Bonchev–Trinajstić information content (AvgIpc) is 3.12. The number of carbonyl (C=O) groups is 1. The molecule has 0 spiro atoms. The van der Waals surface area contributed by atoms with E-state index >= 15 is 0 Å². The first-order chi connectivity index (χ1) is 13.5. The molecule has 28 heavy (non-hydrogen) atoms. The third-order valence-corrected chi connectivity index (χ3v) is 4.03. The SMILES string of the molecule is COc1cc2ncn(CCCC(=O)OCc3nnc(C)o3)c(=O)c2cc1OC. The maximum Gasteiger partial charge on any atom is 0.306 e. The topological polar surface area (TPSA) is 119 Å². The van der Waals surface area contributed by atoms with E-state index in [0.717, 1.165) is 0 Å². The number of hydrogen-bond acceptors (Lipinski definition) is 9. The Balaban J connectivity index is 1.61. The van der Waals surface area contributed by atoms with Gasteiger partial charge >= 0.3 is 5.97 Å². The molecule has 0 N–H and O–H groups in total. The molecular weight excluding hydrogens is 368 g/mol. The number of nitrogens with zero attached hydrogens (tertiary/aromatic N) is 4. The van der Waals surface area contributed by atoms with E-state index in [4.69, 9.17) is 18.6 Å². The highest BCUT2D eigenvalue weighted by atomic mass is 16.5. The highest BCUT2D eigenvalue weighted by Crippen LogP contribution is 2.29. The van der Waals surface area contributed by atoms with Gasteiger partial charge in [0.15, 0.2) is 18.1 Å². The van der Waals surface area contributed by atoms with E-state index in [-0.39, 0.29) is 24.5 Å². The lowest BCUT2D eigenvalue weighted by Gasteiger charge is -2.10. The normalized spacial score (nSPS) is 10.8. The van der Waals surface area contributed by atoms with Gasteiger partial charge in [-0.1, -0.05) is 0 Å². The first-order valence-electron chi connectivity index (χ1n) is 8.57. The summed E-state index contributed by atoms with van der Waals surface area (Å²) < 4.78 is 22.1. The minimum absolute atomic E-state index is 0.0707. The van der Waals surface area contributed by atoms with Crippen LogP contribution in [0.2, 0.25) is 0 Å². The number of aryl methyl sites for hydroxylation is 2. The standard InChI is InChI=1S/C18H20N4O6/c1-11-20-21-16(28-11)9-27-17(23)5-4-6-22-10-19-13-8-15(26-3)14(25-2)7-12(13)18(22)24/h7-8,10H,4-6,9H2,1-3H3.